The zero-order valence-electron chi connectivity index (χ0n) is 9.34. The average molecular weight is 241 g/mol. The molecule has 5 heteroatoms. The van der Waals surface area contributed by atoms with Gasteiger partial charge in [-0.3, -0.25) is 4.79 Å². The van der Waals surface area contributed by atoms with Crippen molar-refractivity contribution >= 4 is 5.91 Å². The third kappa shape index (κ3) is 2.29. The van der Waals surface area contributed by atoms with Gasteiger partial charge in [0.25, 0.3) is 5.91 Å². The Labute approximate surface area is 97.5 Å². The first kappa shape index (κ1) is 12.0. The third-order valence-electron chi connectivity index (χ3n) is 2.96. The van der Waals surface area contributed by atoms with Gasteiger partial charge in [0.05, 0.1) is 6.10 Å². The monoisotopic (exact) mass is 241 g/mol. The fourth-order valence-corrected chi connectivity index (χ4v) is 1.83. The molecule has 1 fully saturated rings. The van der Waals surface area contributed by atoms with Crippen LogP contribution in [0.25, 0.3) is 0 Å². The standard InChI is InChI=1S/C12H13F2NO2/c1-6-2-3-9(13)10(11(6)14)12(17)15-7-4-8(16)5-7/h2-3,7-8,16H,4-5H2,1H3,(H,15,17). The number of halogens is 2. The van der Waals surface area contributed by atoms with Gasteiger partial charge in [-0.05, 0) is 31.4 Å². The fourth-order valence-electron chi connectivity index (χ4n) is 1.83. The first-order chi connectivity index (χ1) is 7.99. The summed E-state index contributed by atoms with van der Waals surface area (Å²) < 4.78 is 27.0. The molecular weight excluding hydrogens is 228 g/mol. The van der Waals surface area contributed by atoms with Crippen LogP contribution in [-0.4, -0.2) is 23.2 Å². The largest absolute Gasteiger partial charge is 0.393 e. The summed E-state index contributed by atoms with van der Waals surface area (Å²) in [6, 6.07) is 2.16. The fraction of sp³-hybridized carbons (Fsp3) is 0.417. The molecule has 2 N–H and O–H groups in total. The highest BCUT2D eigenvalue weighted by Gasteiger charge is 2.30. The van der Waals surface area contributed by atoms with Crippen LogP contribution in [0.3, 0.4) is 0 Å². The van der Waals surface area contributed by atoms with Crippen molar-refractivity contribution in [2.45, 2.75) is 31.9 Å². The summed E-state index contributed by atoms with van der Waals surface area (Å²) in [7, 11) is 0. The molecule has 0 heterocycles. The normalized spacial score (nSPS) is 23.1. The Balaban J connectivity index is 2.16. The number of aryl methyl sites for hydroxylation is 1. The van der Waals surface area contributed by atoms with Crippen molar-refractivity contribution in [1.82, 2.24) is 5.32 Å². The van der Waals surface area contributed by atoms with Crippen molar-refractivity contribution in [2.75, 3.05) is 0 Å². The molecule has 0 bridgehead atoms. The maximum atomic E-state index is 13.6. The molecule has 1 aliphatic rings. The van der Waals surface area contributed by atoms with Gasteiger partial charge >= 0.3 is 0 Å². The van der Waals surface area contributed by atoms with Crippen molar-refractivity contribution in [3.05, 3.63) is 34.9 Å². The predicted octanol–water partition coefficient (Wildman–Crippen LogP) is 1.53. The van der Waals surface area contributed by atoms with Crippen molar-refractivity contribution in [2.24, 2.45) is 0 Å². The smallest absolute Gasteiger partial charge is 0.257 e. The van der Waals surface area contributed by atoms with Crippen LogP contribution in [0.15, 0.2) is 12.1 Å². The molecule has 3 nitrogen and oxygen atoms in total. The predicted molar refractivity (Wildman–Crippen MR) is 57.6 cm³/mol. The summed E-state index contributed by atoms with van der Waals surface area (Å²) in [6.45, 7) is 1.47. The van der Waals surface area contributed by atoms with Gasteiger partial charge in [-0.25, -0.2) is 8.78 Å². The molecule has 1 amide bonds. The molecule has 1 aliphatic carbocycles. The highest BCUT2D eigenvalue weighted by Crippen LogP contribution is 2.21. The average Bonchev–Trinajstić information content (AvgIpc) is 2.22. The summed E-state index contributed by atoms with van der Waals surface area (Å²) in [4.78, 5) is 11.7. The van der Waals surface area contributed by atoms with E-state index in [1.807, 2.05) is 0 Å². The number of hydrogen-bond donors (Lipinski definition) is 2. The number of hydrogen-bond acceptors (Lipinski definition) is 2. The molecule has 0 spiro atoms. The Kier molecular flexibility index (Phi) is 3.11. The maximum Gasteiger partial charge on any atom is 0.257 e. The van der Waals surface area contributed by atoms with E-state index in [1.54, 1.807) is 0 Å². The minimum absolute atomic E-state index is 0.197. The molecule has 1 saturated carbocycles. The van der Waals surface area contributed by atoms with E-state index in [2.05, 4.69) is 5.32 Å². The van der Waals surface area contributed by atoms with E-state index in [4.69, 9.17) is 5.11 Å². The summed E-state index contributed by atoms with van der Waals surface area (Å²) in [5.41, 5.74) is -0.323. The highest BCUT2D eigenvalue weighted by molar-refractivity contribution is 5.95. The summed E-state index contributed by atoms with van der Waals surface area (Å²) in [6.07, 6.45) is 0.439. The molecule has 2 rings (SSSR count). The third-order valence-corrected chi connectivity index (χ3v) is 2.96. The Hall–Kier alpha value is -1.49. The van der Waals surface area contributed by atoms with Gasteiger partial charge < -0.3 is 10.4 Å². The van der Waals surface area contributed by atoms with E-state index in [0.29, 0.717) is 12.8 Å². The van der Waals surface area contributed by atoms with Gasteiger partial charge in [0, 0.05) is 6.04 Å². The lowest BCUT2D eigenvalue weighted by atomic mass is 9.89. The van der Waals surface area contributed by atoms with Gasteiger partial charge in [0.2, 0.25) is 0 Å². The number of carbonyl (C=O) groups excluding carboxylic acids is 1. The summed E-state index contributed by atoms with van der Waals surface area (Å²) in [5, 5.41) is 11.5. The molecule has 0 atom stereocenters. The molecular formula is C12H13F2NO2. The highest BCUT2D eigenvalue weighted by atomic mass is 19.1. The first-order valence-electron chi connectivity index (χ1n) is 5.42. The Morgan fingerprint density at radius 1 is 1.41 bits per heavy atom. The molecule has 1 aromatic carbocycles. The van der Waals surface area contributed by atoms with Gasteiger partial charge in [-0.2, -0.15) is 0 Å². The second-order valence-electron chi connectivity index (χ2n) is 4.35. The van der Waals surface area contributed by atoms with Crippen LogP contribution < -0.4 is 5.32 Å². The molecule has 0 saturated heterocycles. The number of carbonyl (C=O) groups is 1. The molecule has 0 radical (unpaired) electrons. The Bertz CT molecular complexity index is 456. The quantitative estimate of drug-likeness (QED) is 0.824. The second kappa shape index (κ2) is 4.41. The van der Waals surface area contributed by atoms with E-state index >= 15 is 0 Å². The van der Waals surface area contributed by atoms with E-state index < -0.39 is 29.2 Å². The lowest BCUT2D eigenvalue weighted by Crippen LogP contribution is -2.47. The molecule has 0 aromatic heterocycles. The van der Waals surface area contributed by atoms with Crippen molar-refractivity contribution in [3.63, 3.8) is 0 Å². The van der Waals surface area contributed by atoms with Crippen LogP contribution in [0.1, 0.15) is 28.8 Å². The number of aliphatic hydroxyl groups excluding tert-OH is 1. The van der Waals surface area contributed by atoms with Crippen LogP contribution in [-0.2, 0) is 0 Å². The number of aliphatic hydroxyl groups is 1. The van der Waals surface area contributed by atoms with Crippen LogP contribution in [0.4, 0.5) is 8.78 Å². The van der Waals surface area contributed by atoms with Crippen LogP contribution in [0.5, 0.6) is 0 Å². The Morgan fingerprint density at radius 3 is 2.65 bits per heavy atom. The van der Waals surface area contributed by atoms with E-state index in [-0.39, 0.29) is 11.6 Å². The number of rotatable bonds is 2. The van der Waals surface area contributed by atoms with E-state index in [1.165, 1.54) is 13.0 Å². The van der Waals surface area contributed by atoms with Crippen LogP contribution >= 0.6 is 0 Å². The van der Waals surface area contributed by atoms with Gasteiger partial charge in [-0.1, -0.05) is 6.07 Å². The summed E-state index contributed by atoms with van der Waals surface area (Å²) >= 11 is 0. The number of nitrogens with one attached hydrogen (secondary N) is 1. The first-order valence-corrected chi connectivity index (χ1v) is 5.42. The molecule has 0 unspecified atom stereocenters. The molecule has 17 heavy (non-hydrogen) atoms. The Morgan fingerprint density at radius 2 is 2.06 bits per heavy atom. The van der Waals surface area contributed by atoms with Crippen molar-refractivity contribution in [3.8, 4) is 0 Å². The molecule has 0 aliphatic heterocycles. The maximum absolute atomic E-state index is 13.6. The number of amides is 1. The van der Waals surface area contributed by atoms with Crippen molar-refractivity contribution < 1.29 is 18.7 Å². The number of benzene rings is 1. The summed E-state index contributed by atoms with van der Waals surface area (Å²) in [5.74, 6) is -2.46. The van der Waals surface area contributed by atoms with Gasteiger partial charge in [0.1, 0.15) is 17.2 Å². The molecule has 92 valence electrons. The minimum Gasteiger partial charge on any atom is -0.393 e. The van der Waals surface area contributed by atoms with E-state index in [9.17, 15) is 13.6 Å². The van der Waals surface area contributed by atoms with Gasteiger partial charge in [0.15, 0.2) is 0 Å². The van der Waals surface area contributed by atoms with Gasteiger partial charge in [-0.15, -0.1) is 0 Å². The molecule has 1 aromatic rings. The van der Waals surface area contributed by atoms with E-state index in [0.717, 1.165) is 6.07 Å². The van der Waals surface area contributed by atoms with Crippen molar-refractivity contribution in [1.29, 1.82) is 0 Å². The lowest BCUT2D eigenvalue weighted by molar-refractivity contribution is 0.0559. The SMILES string of the molecule is Cc1ccc(F)c(C(=O)NC2CC(O)C2)c1F. The lowest BCUT2D eigenvalue weighted by Gasteiger charge is -2.32. The minimum atomic E-state index is -0.870. The zero-order valence-corrected chi connectivity index (χ0v) is 9.34. The topological polar surface area (TPSA) is 49.3 Å². The second-order valence-corrected chi connectivity index (χ2v) is 4.35. The van der Waals surface area contributed by atoms with Crippen LogP contribution in [0, 0.1) is 18.6 Å². The van der Waals surface area contributed by atoms with Crippen LogP contribution in [0.2, 0.25) is 0 Å². The zero-order chi connectivity index (χ0) is 12.6.